The highest BCUT2D eigenvalue weighted by atomic mass is 32.2. The van der Waals surface area contributed by atoms with Crippen LogP contribution in [0.25, 0.3) is 0 Å². The third-order valence-electron chi connectivity index (χ3n) is 3.32. The van der Waals surface area contributed by atoms with E-state index in [-0.39, 0.29) is 0 Å². The lowest BCUT2D eigenvalue weighted by Crippen LogP contribution is -2.26. The van der Waals surface area contributed by atoms with Crippen molar-refractivity contribution in [1.82, 2.24) is 4.98 Å². The van der Waals surface area contributed by atoms with Crippen LogP contribution in [0.3, 0.4) is 0 Å². The van der Waals surface area contributed by atoms with E-state index in [1.165, 1.54) is 11.3 Å². The lowest BCUT2D eigenvalue weighted by molar-refractivity contribution is 0.0701. The number of anilines is 1. The van der Waals surface area contributed by atoms with E-state index in [0.29, 0.717) is 21.7 Å². The third kappa shape index (κ3) is 3.42. The number of aryl methyl sites for hydroxylation is 1. The number of carboxylic acids is 1. The zero-order valence-corrected chi connectivity index (χ0v) is 13.2. The van der Waals surface area contributed by atoms with E-state index in [0.717, 1.165) is 30.4 Å². The SMILES string of the molecule is CCc1nc(N2CCSC(C)(C)CC2)sc1C(=O)O. The molecule has 0 unspecified atom stereocenters. The van der Waals surface area contributed by atoms with Gasteiger partial charge in [-0.25, -0.2) is 9.78 Å². The Labute approximate surface area is 122 Å². The molecule has 0 radical (unpaired) electrons. The van der Waals surface area contributed by atoms with Crippen LogP contribution in [0.1, 0.15) is 42.6 Å². The molecular weight excluding hydrogens is 280 g/mol. The van der Waals surface area contributed by atoms with Crippen molar-refractivity contribution in [1.29, 1.82) is 0 Å². The minimum absolute atomic E-state index is 0.301. The molecule has 0 amide bonds. The van der Waals surface area contributed by atoms with Crippen LogP contribution in [0.15, 0.2) is 0 Å². The fraction of sp³-hybridized carbons (Fsp3) is 0.692. The quantitative estimate of drug-likeness (QED) is 0.929. The molecule has 1 fully saturated rings. The summed E-state index contributed by atoms with van der Waals surface area (Å²) in [6.45, 7) is 8.39. The first-order valence-electron chi connectivity index (χ1n) is 6.55. The Morgan fingerprint density at radius 1 is 1.47 bits per heavy atom. The Balaban J connectivity index is 2.20. The second kappa shape index (κ2) is 5.71. The Hall–Kier alpha value is -0.750. The largest absolute Gasteiger partial charge is 0.477 e. The van der Waals surface area contributed by atoms with Crippen LogP contribution >= 0.6 is 23.1 Å². The van der Waals surface area contributed by atoms with Crippen molar-refractivity contribution >= 4 is 34.2 Å². The van der Waals surface area contributed by atoms with Gasteiger partial charge in [0.05, 0.1) is 5.69 Å². The van der Waals surface area contributed by atoms with Crippen LogP contribution < -0.4 is 4.90 Å². The molecule has 1 N–H and O–H groups in total. The summed E-state index contributed by atoms with van der Waals surface area (Å²) in [6.07, 6.45) is 1.77. The van der Waals surface area contributed by atoms with Crippen LogP contribution in [0, 0.1) is 0 Å². The maximum Gasteiger partial charge on any atom is 0.347 e. The van der Waals surface area contributed by atoms with E-state index in [9.17, 15) is 9.90 Å². The molecule has 1 aliphatic rings. The highest BCUT2D eigenvalue weighted by Gasteiger charge is 2.26. The van der Waals surface area contributed by atoms with Gasteiger partial charge >= 0.3 is 5.97 Å². The maximum atomic E-state index is 11.2. The standard InChI is InChI=1S/C13H20N2O2S2/c1-4-9-10(11(16)17)19-12(14-9)15-6-5-13(2,3)18-8-7-15/h4-8H2,1-3H3,(H,16,17). The summed E-state index contributed by atoms with van der Waals surface area (Å²) in [5, 5.41) is 10.1. The van der Waals surface area contributed by atoms with Crippen LogP contribution in [-0.4, -0.2) is 39.6 Å². The lowest BCUT2D eigenvalue weighted by Gasteiger charge is -2.22. The number of hydrogen-bond acceptors (Lipinski definition) is 5. The molecule has 1 aromatic rings. The molecule has 1 aromatic heterocycles. The van der Waals surface area contributed by atoms with Crippen LogP contribution in [0.5, 0.6) is 0 Å². The van der Waals surface area contributed by atoms with E-state index in [4.69, 9.17) is 0 Å². The van der Waals surface area contributed by atoms with Gasteiger partial charge in [0.2, 0.25) is 0 Å². The van der Waals surface area contributed by atoms with Crippen molar-refractivity contribution in [3.05, 3.63) is 10.6 Å². The van der Waals surface area contributed by atoms with Gasteiger partial charge in [-0.2, -0.15) is 11.8 Å². The normalized spacial score (nSPS) is 19.2. The van der Waals surface area contributed by atoms with E-state index in [1.54, 1.807) is 0 Å². The first-order chi connectivity index (χ1) is 8.93. The van der Waals surface area contributed by atoms with E-state index < -0.39 is 5.97 Å². The topological polar surface area (TPSA) is 53.4 Å². The first kappa shape index (κ1) is 14.7. The van der Waals surface area contributed by atoms with Crippen molar-refractivity contribution < 1.29 is 9.90 Å². The summed E-state index contributed by atoms with van der Waals surface area (Å²) in [7, 11) is 0. The highest BCUT2D eigenvalue weighted by Crippen LogP contribution is 2.34. The second-order valence-electron chi connectivity index (χ2n) is 5.28. The number of hydrogen-bond donors (Lipinski definition) is 1. The molecule has 6 heteroatoms. The van der Waals surface area contributed by atoms with E-state index in [2.05, 4.69) is 23.7 Å². The fourth-order valence-corrected chi connectivity index (χ4v) is 4.24. The first-order valence-corrected chi connectivity index (χ1v) is 8.35. The van der Waals surface area contributed by atoms with E-state index >= 15 is 0 Å². The highest BCUT2D eigenvalue weighted by molar-refractivity contribution is 8.00. The summed E-state index contributed by atoms with van der Waals surface area (Å²) in [5.41, 5.74) is 0.712. The number of carboxylic acid groups (broad SMARTS) is 1. The Kier molecular flexibility index (Phi) is 4.40. The molecule has 0 atom stereocenters. The molecule has 1 saturated heterocycles. The number of carbonyl (C=O) groups is 1. The van der Waals surface area contributed by atoms with Gasteiger partial charge in [-0.3, -0.25) is 0 Å². The second-order valence-corrected chi connectivity index (χ2v) is 8.06. The minimum atomic E-state index is -0.856. The number of thioether (sulfide) groups is 1. The summed E-state index contributed by atoms with van der Waals surface area (Å²) in [4.78, 5) is 18.3. The van der Waals surface area contributed by atoms with E-state index in [1.807, 2.05) is 18.7 Å². The Morgan fingerprint density at radius 3 is 2.79 bits per heavy atom. The van der Waals surface area contributed by atoms with Crippen LogP contribution in [-0.2, 0) is 6.42 Å². The minimum Gasteiger partial charge on any atom is -0.477 e. The molecule has 19 heavy (non-hydrogen) atoms. The fourth-order valence-electron chi connectivity index (χ4n) is 2.09. The van der Waals surface area contributed by atoms with Crippen molar-refractivity contribution in [2.75, 3.05) is 23.7 Å². The molecule has 106 valence electrons. The molecule has 0 spiro atoms. The average molecular weight is 300 g/mol. The number of aromatic nitrogens is 1. The number of nitrogens with zero attached hydrogens (tertiary/aromatic N) is 2. The molecule has 0 aliphatic carbocycles. The van der Waals surface area contributed by atoms with Crippen LogP contribution in [0.4, 0.5) is 5.13 Å². The molecule has 2 rings (SSSR count). The molecule has 2 heterocycles. The van der Waals surface area contributed by atoms with Crippen molar-refractivity contribution in [3.63, 3.8) is 0 Å². The monoisotopic (exact) mass is 300 g/mol. The summed E-state index contributed by atoms with van der Waals surface area (Å²) < 4.78 is 0.301. The zero-order valence-electron chi connectivity index (χ0n) is 11.6. The van der Waals surface area contributed by atoms with Gasteiger partial charge in [0.15, 0.2) is 5.13 Å². The molecule has 1 aliphatic heterocycles. The van der Waals surface area contributed by atoms with Crippen molar-refractivity contribution in [2.45, 2.75) is 38.4 Å². The molecule has 0 aromatic carbocycles. The summed E-state index contributed by atoms with van der Waals surface area (Å²) >= 11 is 3.30. The number of aromatic carboxylic acids is 1. The summed E-state index contributed by atoms with van der Waals surface area (Å²) in [5.74, 6) is 0.210. The predicted octanol–water partition coefficient (Wildman–Crippen LogP) is 3.13. The van der Waals surface area contributed by atoms with Crippen molar-refractivity contribution in [2.24, 2.45) is 0 Å². The van der Waals surface area contributed by atoms with Gasteiger partial charge in [0.25, 0.3) is 0 Å². The smallest absolute Gasteiger partial charge is 0.347 e. The van der Waals surface area contributed by atoms with Gasteiger partial charge in [0, 0.05) is 23.6 Å². The number of rotatable bonds is 3. The van der Waals surface area contributed by atoms with Crippen LogP contribution in [0.2, 0.25) is 0 Å². The van der Waals surface area contributed by atoms with Gasteiger partial charge < -0.3 is 10.0 Å². The average Bonchev–Trinajstić information content (AvgIpc) is 2.69. The Bertz CT molecular complexity index is 471. The maximum absolute atomic E-state index is 11.2. The van der Waals surface area contributed by atoms with Gasteiger partial charge in [-0.1, -0.05) is 32.1 Å². The Morgan fingerprint density at radius 2 is 2.21 bits per heavy atom. The lowest BCUT2D eigenvalue weighted by atomic mass is 10.1. The number of thiazole rings is 1. The molecule has 0 saturated carbocycles. The molecular formula is C13H20N2O2S2. The van der Waals surface area contributed by atoms with Gasteiger partial charge in [-0.15, -0.1) is 0 Å². The molecule has 0 bridgehead atoms. The van der Waals surface area contributed by atoms with Crippen molar-refractivity contribution in [3.8, 4) is 0 Å². The third-order valence-corrected chi connectivity index (χ3v) is 5.84. The predicted molar refractivity (Wildman–Crippen MR) is 81.8 cm³/mol. The zero-order chi connectivity index (χ0) is 14.0. The van der Waals surface area contributed by atoms with Gasteiger partial charge in [0.1, 0.15) is 4.88 Å². The van der Waals surface area contributed by atoms with Gasteiger partial charge in [-0.05, 0) is 12.8 Å². The summed E-state index contributed by atoms with van der Waals surface area (Å²) in [6, 6.07) is 0. The molecule has 4 nitrogen and oxygen atoms in total.